The van der Waals surface area contributed by atoms with E-state index in [0.717, 1.165) is 19.3 Å². The van der Waals surface area contributed by atoms with E-state index >= 15 is 0 Å². The van der Waals surface area contributed by atoms with Crippen molar-refractivity contribution in [3.63, 3.8) is 0 Å². The Morgan fingerprint density at radius 1 is 1.44 bits per heavy atom. The number of benzene rings is 1. The number of alkyl halides is 1. The molecular weight excluding hydrogens is 337 g/mol. The predicted octanol–water partition coefficient (Wildman–Crippen LogP) is 4.24. The van der Waals surface area contributed by atoms with Gasteiger partial charge in [0.1, 0.15) is 0 Å². The Balaban J connectivity index is 1.95. The van der Waals surface area contributed by atoms with Crippen LogP contribution in [0, 0.1) is 5.92 Å². The molecule has 1 amide bonds. The maximum atomic E-state index is 12.0. The molecule has 2 atom stereocenters. The average Bonchev–Trinajstić information content (AvgIpc) is 2.72. The van der Waals surface area contributed by atoms with E-state index in [0.29, 0.717) is 27.5 Å². The molecule has 98 valence electrons. The lowest BCUT2D eigenvalue weighted by molar-refractivity contribution is 0.0947. The van der Waals surface area contributed by atoms with Crippen LogP contribution in [0.15, 0.2) is 22.7 Å². The highest BCUT2D eigenvalue weighted by atomic mass is 79.9. The van der Waals surface area contributed by atoms with E-state index in [1.807, 2.05) is 0 Å². The minimum atomic E-state index is -0.0886. The van der Waals surface area contributed by atoms with Gasteiger partial charge in [0.2, 0.25) is 0 Å². The summed E-state index contributed by atoms with van der Waals surface area (Å²) < 4.78 is 0.710. The highest BCUT2D eigenvalue weighted by Crippen LogP contribution is 2.29. The van der Waals surface area contributed by atoms with E-state index < -0.39 is 0 Å². The summed E-state index contributed by atoms with van der Waals surface area (Å²) in [7, 11) is 0. The molecule has 1 fully saturated rings. The Kier molecular flexibility index (Phi) is 4.93. The Morgan fingerprint density at radius 2 is 2.22 bits per heavy atom. The first-order valence-corrected chi connectivity index (χ1v) is 7.56. The van der Waals surface area contributed by atoms with Crippen molar-refractivity contribution in [3.8, 4) is 0 Å². The first kappa shape index (κ1) is 14.2. The van der Waals surface area contributed by atoms with E-state index in [2.05, 4.69) is 21.2 Å². The van der Waals surface area contributed by atoms with Crippen LogP contribution in [0.3, 0.4) is 0 Å². The highest BCUT2D eigenvalue weighted by molar-refractivity contribution is 9.10. The van der Waals surface area contributed by atoms with Crippen molar-refractivity contribution in [3.05, 3.63) is 33.3 Å². The number of hydrogen-bond donors (Lipinski definition) is 1. The summed E-state index contributed by atoms with van der Waals surface area (Å²) in [5.41, 5.74) is 0.600. The lowest BCUT2D eigenvalue weighted by atomic mass is 10.1. The zero-order chi connectivity index (χ0) is 13.1. The summed E-state index contributed by atoms with van der Waals surface area (Å²) in [6.07, 6.45) is 3.29. The molecule has 1 saturated carbocycles. The molecule has 0 saturated heterocycles. The maximum absolute atomic E-state index is 12.0. The van der Waals surface area contributed by atoms with Gasteiger partial charge in [0.25, 0.3) is 5.91 Å². The first-order valence-electron chi connectivity index (χ1n) is 5.95. The van der Waals surface area contributed by atoms with Crippen molar-refractivity contribution in [1.29, 1.82) is 0 Å². The third kappa shape index (κ3) is 3.40. The number of carbonyl (C=O) groups is 1. The number of hydrogen-bond acceptors (Lipinski definition) is 1. The van der Waals surface area contributed by atoms with E-state index in [1.54, 1.807) is 18.2 Å². The Hall–Kier alpha value is -0.250. The van der Waals surface area contributed by atoms with Crippen LogP contribution >= 0.6 is 39.1 Å². The minimum Gasteiger partial charge on any atom is -0.352 e. The first-order chi connectivity index (χ1) is 8.58. The second kappa shape index (κ2) is 6.27. The SMILES string of the molecule is O=C(NCC1CCCC1Cl)c1ccc(Cl)cc1Br. The van der Waals surface area contributed by atoms with Crippen LogP contribution < -0.4 is 5.32 Å². The smallest absolute Gasteiger partial charge is 0.252 e. The van der Waals surface area contributed by atoms with Gasteiger partial charge in [-0.1, -0.05) is 18.0 Å². The van der Waals surface area contributed by atoms with E-state index in [1.165, 1.54) is 0 Å². The van der Waals surface area contributed by atoms with Gasteiger partial charge in [-0.25, -0.2) is 0 Å². The summed E-state index contributed by atoms with van der Waals surface area (Å²) in [5.74, 6) is 0.302. The lowest BCUT2D eigenvalue weighted by Gasteiger charge is -2.14. The summed E-state index contributed by atoms with van der Waals surface area (Å²) >= 11 is 15.4. The standard InChI is InChI=1S/C13H14BrCl2NO/c14-11-6-9(15)4-5-10(11)13(18)17-7-8-2-1-3-12(8)16/h4-6,8,12H,1-3,7H2,(H,17,18). The average molecular weight is 351 g/mol. The molecule has 1 aliphatic carbocycles. The lowest BCUT2D eigenvalue weighted by Crippen LogP contribution is -2.31. The quantitative estimate of drug-likeness (QED) is 0.811. The van der Waals surface area contributed by atoms with E-state index in [9.17, 15) is 4.79 Å². The van der Waals surface area contributed by atoms with Gasteiger partial charge in [-0.05, 0) is 52.9 Å². The molecule has 0 heterocycles. The number of nitrogens with one attached hydrogen (secondary N) is 1. The largest absolute Gasteiger partial charge is 0.352 e. The molecule has 2 rings (SSSR count). The number of amides is 1. The monoisotopic (exact) mass is 349 g/mol. The topological polar surface area (TPSA) is 29.1 Å². The van der Waals surface area contributed by atoms with Gasteiger partial charge in [0.05, 0.1) is 5.56 Å². The van der Waals surface area contributed by atoms with Crippen molar-refractivity contribution < 1.29 is 4.79 Å². The molecule has 1 N–H and O–H groups in total. The third-order valence-corrected chi connectivity index (χ3v) is 4.73. The molecule has 1 aromatic rings. The van der Waals surface area contributed by atoms with Crippen molar-refractivity contribution in [2.75, 3.05) is 6.54 Å². The van der Waals surface area contributed by atoms with Gasteiger partial charge in [-0.15, -0.1) is 11.6 Å². The second-order valence-electron chi connectivity index (χ2n) is 4.54. The highest BCUT2D eigenvalue weighted by Gasteiger charge is 2.25. The summed E-state index contributed by atoms with van der Waals surface area (Å²) in [4.78, 5) is 12.0. The fraction of sp³-hybridized carbons (Fsp3) is 0.462. The van der Waals surface area contributed by atoms with Crippen LogP contribution in [0.25, 0.3) is 0 Å². The van der Waals surface area contributed by atoms with Gasteiger partial charge in [-0.2, -0.15) is 0 Å². The maximum Gasteiger partial charge on any atom is 0.252 e. The summed E-state index contributed by atoms with van der Waals surface area (Å²) in [5, 5.41) is 3.74. The summed E-state index contributed by atoms with van der Waals surface area (Å²) in [6, 6.07) is 5.14. The third-order valence-electron chi connectivity index (χ3n) is 3.27. The molecular formula is C13H14BrCl2NO. The zero-order valence-electron chi connectivity index (χ0n) is 9.76. The normalized spacial score (nSPS) is 23.1. The Morgan fingerprint density at radius 3 is 2.83 bits per heavy atom. The van der Waals surface area contributed by atoms with Gasteiger partial charge in [0.15, 0.2) is 0 Å². The van der Waals surface area contributed by atoms with Gasteiger partial charge in [-0.3, -0.25) is 4.79 Å². The van der Waals surface area contributed by atoms with E-state index in [4.69, 9.17) is 23.2 Å². The van der Waals surface area contributed by atoms with Gasteiger partial charge < -0.3 is 5.32 Å². The van der Waals surface area contributed by atoms with Crippen molar-refractivity contribution in [2.45, 2.75) is 24.6 Å². The number of rotatable bonds is 3. The van der Waals surface area contributed by atoms with Crippen LogP contribution in [0.2, 0.25) is 5.02 Å². The van der Waals surface area contributed by atoms with Crippen molar-refractivity contribution in [1.82, 2.24) is 5.32 Å². The summed E-state index contributed by atoms with van der Waals surface area (Å²) in [6.45, 7) is 0.641. The molecule has 0 radical (unpaired) electrons. The molecule has 0 spiro atoms. The zero-order valence-corrected chi connectivity index (χ0v) is 12.9. The van der Waals surface area contributed by atoms with Gasteiger partial charge in [0, 0.05) is 21.4 Å². The molecule has 0 aliphatic heterocycles. The Bertz CT molecular complexity index is 453. The van der Waals surface area contributed by atoms with Crippen LogP contribution in [-0.2, 0) is 0 Å². The van der Waals surface area contributed by atoms with Crippen molar-refractivity contribution >= 4 is 45.0 Å². The molecule has 0 aromatic heterocycles. The molecule has 2 nitrogen and oxygen atoms in total. The minimum absolute atomic E-state index is 0.0886. The molecule has 18 heavy (non-hydrogen) atoms. The molecule has 1 aromatic carbocycles. The van der Waals surface area contributed by atoms with Crippen LogP contribution in [0.4, 0.5) is 0 Å². The molecule has 5 heteroatoms. The number of halogens is 3. The van der Waals surface area contributed by atoms with Crippen molar-refractivity contribution in [2.24, 2.45) is 5.92 Å². The molecule has 0 bridgehead atoms. The fourth-order valence-corrected chi connectivity index (χ4v) is 3.45. The van der Waals surface area contributed by atoms with Crippen LogP contribution in [-0.4, -0.2) is 17.8 Å². The van der Waals surface area contributed by atoms with Crippen LogP contribution in [0.1, 0.15) is 29.6 Å². The Labute approximate surface area is 125 Å². The number of carbonyl (C=O) groups excluding carboxylic acids is 1. The van der Waals surface area contributed by atoms with Gasteiger partial charge >= 0.3 is 0 Å². The fourth-order valence-electron chi connectivity index (χ4n) is 2.21. The predicted molar refractivity (Wildman–Crippen MR) is 78.5 cm³/mol. The second-order valence-corrected chi connectivity index (χ2v) is 6.39. The van der Waals surface area contributed by atoms with E-state index in [-0.39, 0.29) is 11.3 Å². The molecule has 2 unspecified atom stereocenters. The molecule has 1 aliphatic rings. The van der Waals surface area contributed by atoms with Crippen LogP contribution in [0.5, 0.6) is 0 Å².